The molecule has 110 valence electrons. The van der Waals surface area contributed by atoms with E-state index in [2.05, 4.69) is 15.1 Å². The van der Waals surface area contributed by atoms with Crippen molar-refractivity contribution in [3.63, 3.8) is 0 Å². The zero-order valence-corrected chi connectivity index (χ0v) is 12.4. The van der Waals surface area contributed by atoms with Crippen LogP contribution in [0, 0.1) is 0 Å². The SMILES string of the molecule is Cn1cc(-c2ccc3ncc(Cc4cncn4C)n3n2)cn1. The third-order valence-electron chi connectivity index (χ3n) is 3.71. The standard InChI is InChI=1S/C15H15N7/c1-20-10-16-7-12(20)5-13-8-17-15-4-3-14(19-22(13)15)11-6-18-21(2)9-11/h3-4,6-10H,5H2,1-2H3. The van der Waals surface area contributed by atoms with Crippen LogP contribution < -0.4 is 0 Å². The van der Waals surface area contributed by atoms with Gasteiger partial charge in [-0.2, -0.15) is 10.2 Å². The minimum absolute atomic E-state index is 0.737. The highest BCUT2D eigenvalue weighted by atomic mass is 15.3. The molecule has 0 aliphatic rings. The topological polar surface area (TPSA) is 65.8 Å². The van der Waals surface area contributed by atoms with Gasteiger partial charge in [-0.25, -0.2) is 14.5 Å². The van der Waals surface area contributed by atoms with E-state index in [-0.39, 0.29) is 0 Å². The summed E-state index contributed by atoms with van der Waals surface area (Å²) in [4.78, 5) is 8.57. The van der Waals surface area contributed by atoms with E-state index in [0.717, 1.165) is 34.7 Å². The summed E-state index contributed by atoms with van der Waals surface area (Å²) in [5, 5.41) is 8.90. The molecule has 0 atom stereocenters. The molecular formula is C15H15N7. The molecule has 0 unspecified atom stereocenters. The molecule has 4 heterocycles. The van der Waals surface area contributed by atoms with E-state index in [0.29, 0.717) is 0 Å². The first-order valence-electron chi connectivity index (χ1n) is 6.98. The van der Waals surface area contributed by atoms with E-state index in [1.807, 2.05) is 60.1 Å². The maximum absolute atomic E-state index is 4.70. The summed E-state index contributed by atoms with van der Waals surface area (Å²) in [7, 11) is 3.88. The number of hydrogen-bond acceptors (Lipinski definition) is 4. The molecule has 4 aromatic heterocycles. The van der Waals surface area contributed by atoms with Gasteiger partial charge in [-0.3, -0.25) is 4.68 Å². The van der Waals surface area contributed by atoms with Gasteiger partial charge in [-0.15, -0.1) is 0 Å². The molecule has 0 aliphatic carbocycles. The van der Waals surface area contributed by atoms with Crippen molar-refractivity contribution in [1.29, 1.82) is 0 Å². The summed E-state index contributed by atoms with van der Waals surface area (Å²) in [6, 6.07) is 3.94. The molecule has 4 rings (SSSR count). The Kier molecular flexibility index (Phi) is 2.78. The Morgan fingerprint density at radius 1 is 1.05 bits per heavy atom. The van der Waals surface area contributed by atoms with Crippen LogP contribution in [0.2, 0.25) is 0 Å². The van der Waals surface area contributed by atoms with Crippen LogP contribution in [0.25, 0.3) is 16.9 Å². The van der Waals surface area contributed by atoms with Crippen molar-refractivity contribution in [2.75, 3.05) is 0 Å². The van der Waals surface area contributed by atoms with E-state index < -0.39 is 0 Å². The number of rotatable bonds is 3. The van der Waals surface area contributed by atoms with Gasteiger partial charge in [-0.1, -0.05) is 0 Å². The molecule has 7 nitrogen and oxygen atoms in total. The molecule has 0 amide bonds. The largest absolute Gasteiger partial charge is 0.337 e. The van der Waals surface area contributed by atoms with Gasteiger partial charge in [0.15, 0.2) is 5.65 Å². The first kappa shape index (κ1) is 12.8. The fourth-order valence-electron chi connectivity index (χ4n) is 2.49. The Morgan fingerprint density at radius 2 is 1.95 bits per heavy atom. The summed E-state index contributed by atoms with van der Waals surface area (Å²) < 4.78 is 5.66. The normalized spacial score (nSPS) is 11.4. The predicted molar refractivity (Wildman–Crippen MR) is 81.2 cm³/mol. The van der Waals surface area contributed by atoms with Gasteiger partial charge in [0.1, 0.15) is 0 Å². The lowest BCUT2D eigenvalue weighted by Gasteiger charge is -2.03. The van der Waals surface area contributed by atoms with Gasteiger partial charge in [0.05, 0.1) is 30.1 Å². The molecule has 0 N–H and O–H groups in total. The fraction of sp³-hybridized carbons (Fsp3) is 0.200. The minimum atomic E-state index is 0.737. The molecule has 0 bridgehead atoms. The summed E-state index contributed by atoms with van der Waals surface area (Å²) >= 11 is 0. The van der Waals surface area contributed by atoms with Gasteiger partial charge in [0.2, 0.25) is 0 Å². The second-order valence-electron chi connectivity index (χ2n) is 5.31. The molecule has 22 heavy (non-hydrogen) atoms. The molecule has 0 aliphatic heterocycles. The summed E-state index contributed by atoms with van der Waals surface area (Å²) in [5.41, 5.74) is 4.86. The molecule has 4 aromatic rings. The lowest BCUT2D eigenvalue weighted by atomic mass is 10.2. The third-order valence-corrected chi connectivity index (χ3v) is 3.71. The lowest BCUT2D eigenvalue weighted by molar-refractivity contribution is 0.768. The highest BCUT2D eigenvalue weighted by Crippen LogP contribution is 2.17. The van der Waals surface area contributed by atoms with Gasteiger partial charge < -0.3 is 4.57 Å². The van der Waals surface area contributed by atoms with Crippen LogP contribution in [0.4, 0.5) is 0 Å². The lowest BCUT2D eigenvalue weighted by Crippen LogP contribution is -2.02. The highest BCUT2D eigenvalue weighted by molar-refractivity contribution is 5.58. The average Bonchev–Trinajstić information content (AvgIpc) is 3.21. The van der Waals surface area contributed by atoms with E-state index in [4.69, 9.17) is 5.10 Å². The molecule has 0 saturated carbocycles. The Morgan fingerprint density at radius 3 is 2.68 bits per heavy atom. The number of fused-ring (bicyclic) bond motifs is 1. The number of aromatic nitrogens is 7. The number of hydrogen-bond donors (Lipinski definition) is 0. The first-order chi connectivity index (χ1) is 10.7. The summed E-state index contributed by atoms with van der Waals surface area (Å²) in [6.45, 7) is 0. The molecular weight excluding hydrogens is 278 g/mol. The van der Waals surface area contributed by atoms with E-state index >= 15 is 0 Å². The summed E-state index contributed by atoms with van der Waals surface area (Å²) in [5.74, 6) is 0. The number of aryl methyl sites for hydroxylation is 2. The third kappa shape index (κ3) is 2.07. The van der Waals surface area contributed by atoms with Crippen molar-refractivity contribution in [3.05, 3.63) is 54.6 Å². The number of nitrogens with zero attached hydrogens (tertiary/aromatic N) is 7. The van der Waals surface area contributed by atoms with Crippen molar-refractivity contribution in [3.8, 4) is 11.3 Å². The Labute approximate surface area is 126 Å². The quantitative estimate of drug-likeness (QED) is 0.573. The van der Waals surface area contributed by atoms with Gasteiger partial charge in [-0.05, 0) is 12.1 Å². The van der Waals surface area contributed by atoms with Crippen LogP contribution in [0.3, 0.4) is 0 Å². The summed E-state index contributed by atoms with van der Waals surface area (Å²) in [6.07, 6.45) is 10.0. The fourth-order valence-corrected chi connectivity index (χ4v) is 2.49. The second kappa shape index (κ2) is 4.80. The van der Waals surface area contributed by atoms with Crippen molar-refractivity contribution in [1.82, 2.24) is 33.9 Å². The Balaban J connectivity index is 1.78. The van der Waals surface area contributed by atoms with Crippen LogP contribution in [-0.2, 0) is 20.5 Å². The first-order valence-corrected chi connectivity index (χ1v) is 6.98. The van der Waals surface area contributed by atoms with Gasteiger partial charge in [0.25, 0.3) is 0 Å². The van der Waals surface area contributed by atoms with E-state index in [1.165, 1.54) is 0 Å². The van der Waals surface area contributed by atoms with Gasteiger partial charge >= 0.3 is 0 Å². The zero-order valence-electron chi connectivity index (χ0n) is 12.4. The highest BCUT2D eigenvalue weighted by Gasteiger charge is 2.10. The Bertz CT molecular complexity index is 944. The van der Waals surface area contributed by atoms with Crippen LogP contribution in [0.5, 0.6) is 0 Å². The molecule has 0 radical (unpaired) electrons. The second-order valence-corrected chi connectivity index (χ2v) is 5.31. The van der Waals surface area contributed by atoms with Crippen LogP contribution in [0.1, 0.15) is 11.4 Å². The van der Waals surface area contributed by atoms with Crippen molar-refractivity contribution < 1.29 is 0 Å². The maximum Gasteiger partial charge on any atom is 0.153 e. The molecule has 0 spiro atoms. The molecule has 0 fully saturated rings. The Hall–Kier alpha value is -2.96. The van der Waals surface area contributed by atoms with E-state index in [1.54, 1.807) is 11.0 Å². The molecule has 0 saturated heterocycles. The van der Waals surface area contributed by atoms with Gasteiger partial charge in [0, 0.05) is 44.2 Å². The zero-order chi connectivity index (χ0) is 15.1. The van der Waals surface area contributed by atoms with Crippen LogP contribution in [-0.4, -0.2) is 33.9 Å². The molecule has 0 aromatic carbocycles. The molecule has 7 heteroatoms. The predicted octanol–water partition coefficient (Wildman–Crippen LogP) is 1.45. The van der Waals surface area contributed by atoms with E-state index in [9.17, 15) is 0 Å². The van der Waals surface area contributed by atoms with Crippen molar-refractivity contribution in [2.24, 2.45) is 14.1 Å². The van der Waals surface area contributed by atoms with Crippen LogP contribution in [0.15, 0.2) is 43.2 Å². The monoisotopic (exact) mass is 293 g/mol. The smallest absolute Gasteiger partial charge is 0.153 e. The van der Waals surface area contributed by atoms with Crippen LogP contribution >= 0.6 is 0 Å². The minimum Gasteiger partial charge on any atom is -0.337 e. The number of imidazole rings is 2. The average molecular weight is 293 g/mol. The maximum atomic E-state index is 4.70. The van der Waals surface area contributed by atoms with Crippen molar-refractivity contribution in [2.45, 2.75) is 6.42 Å². The van der Waals surface area contributed by atoms with Crippen molar-refractivity contribution >= 4 is 5.65 Å².